The molecule has 0 aliphatic rings. The molecule has 0 saturated carbocycles. The second kappa shape index (κ2) is 5.35. The van der Waals surface area contributed by atoms with Gasteiger partial charge >= 0.3 is 0 Å². The number of furan rings is 1. The molecule has 0 radical (unpaired) electrons. The maximum Gasteiger partial charge on any atom is 0.190 e. The molecule has 118 valence electrons. The van der Waals surface area contributed by atoms with E-state index in [1.54, 1.807) is 26.0 Å². The molecule has 5 heteroatoms. The first kappa shape index (κ1) is 15.0. The van der Waals surface area contributed by atoms with Gasteiger partial charge in [0, 0.05) is 0 Å². The van der Waals surface area contributed by atoms with E-state index in [0.717, 1.165) is 0 Å². The van der Waals surface area contributed by atoms with E-state index < -0.39 is 0 Å². The molecule has 0 aliphatic carbocycles. The van der Waals surface area contributed by atoms with E-state index in [0.29, 0.717) is 39.2 Å². The van der Waals surface area contributed by atoms with Gasteiger partial charge in [-0.15, -0.1) is 0 Å². The van der Waals surface area contributed by atoms with Gasteiger partial charge in [-0.2, -0.15) is 0 Å². The Hall–Kier alpha value is -2.95. The molecule has 0 amide bonds. The third-order valence-electron chi connectivity index (χ3n) is 3.85. The van der Waals surface area contributed by atoms with Gasteiger partial charge in [0.1, 0.15) is 17.3 Å². The highest BCUT2D eigenvalue weighted by Gasteiger charge is 2.16. The minimum Gasteiger partial charge on any atom is -0.504 e. The van der Waals surface area contributed by atoms with Crippen LogP contribution in [0.5, 0.6) is 17.2 Å². The van der Waals surface area contributed by atoms with Crippen molar-refractivity contribution in [1.29, 1.82) is 0 Å². The van der Waals surface area contributed by atoms with Crippen LogP contribution >= 0.6 is 0 Å². The maximum absolute atomic E-state index is 12.6. The van der Waals surface area contributed by atoms with Crippen molar-refractivity contribution in [2.45, 2.75) is 13.8 Å². The monoisotopic (exact) mass is 312 g/mol. The Morgan fingerprint density at radius 3 is 2.26 bits per heavy atom. The molecular weight excluding hydrogens is 296 g/mol. The van der Waals surface area contributed by atoms with Crippen LogP contribution in [0.4, 0.5) is 0 Å². The molecule has 0 unspecified atom stereocenters. The second-order valence-electron chi connectivity index (χ2n) is 5.34. The topological polar surface area (TPSA) is 79.9 Å². The van der Waals surface area contributed by atoms with Gasteiger partial charge < -0.3 is 19.4 Å². The van der Waals surface area contributed by atoms with E-state index in [2.05, 4.69) is 0 Å². The van der Waals surface area contributed by atoms with Crippen LogP contribution in [0.25, 0.3) is 21.9 Å². The molecule has 3 rings (SSSR count). The molecule has 5 nitrogen and oxygen atoms in total. The highest BCUT2D eigenvalue weighted by atomic mass is 16.5. The Balaban J connectivity index is 2.40. The van der Waals surface area contributed by atoms with Gasteiger partial charge in [0.25, 0.3) is 0 Å². The number of phenolic OH excluding ortho intramolecular Hbond substituents is 2. The van der Waals surface area contributed by atoms with Gasteiger partial charge in [-0.3, -0.25) is 4.79 Å². The average molecular weight is 312 g/mol. The molecule has 0 bridgehead atoms. The zero-order chi connectivity index (χ0) is 16.7. The first-order valence-corrected chi connectivity index (χ1v) is 7.06. The number of hydrogen-bond donors (Lipinski definition) is 2. The summed E-state index contributed by atoms with van der Waals surface area (Å²) >= 11 is 0. The molecule has 0 atom stereocenters. The lowest BCUT2D eigenvalue weighted by molar-refractivity contribution is 0.404. The molecule has 0 aliphatic heterocycles. The van der Waals surface area contributed by atoms with Gasteiger partial charge in [-0.05, 0) is 49.2 Å². The van der Waals surface area contributed by atoms with E-state index in [1.807, 2.05) is 0 Å². The lowest BCUT2D eigenvalue weighted by Gasteiger charge is -2.03. The summed E-state index contributed by atoms with van der Waals surface area (Å²) in [7, 11) is 1.53. The summed E-state index contributed by atoms with van der Waals surface area (Å²) in [6.07, 6.45) is 0. The van der Waals surface area contributed by atoms with Crippen molar-refractivity contribution < 1.29 is 19.4 Å². The largest absolute Gasteiger partial charge is 0.504 e. The molecule has 3 aromatic rings. The van der Waals surface area contributed by atoms with Crippen LogP contribution in [0, 0.1) is 13.8 Å². The van der Waals surface area contributed by atoms with Crippen LogP contribution in [0.3, 0.4) is 0 Å². The van der Waals surface area contributed by atoms with Gasteiger partial charge in [0.15, 0.2) is 16.9 Å². The van der Waals surface area contributed by atoms with E-state index >= 15 is 0 Å². The fourth-order valence-corrected chi connectivity index (χ4v) is 2.78. The fourth-order valence-electron chi connectivity index (χ4n) is 2.78. The van der Waals surface area contributed by atoms with Crippen molar-refractivity contribution in [2.24, 2.45) is 0 Å². The number of phenols is 2. The van der Waals surface area contributed by atoms with Gasteiger partial charge in [-0.1, -0.05) is 6.07 Å². The molecular formula is C18H16O5. The van der Waals surface area contributed by atoms with Crippen LogP contribution in [0.15, 0.2) is 39.5 Å². The smallest absolute Gasteiger partial charge is 0.190 e. The van der Waals surface area contributed by atoms with Gasteiger partial charge in [0.05, 0.1) is 17.9 Å². The Morgan fingerprint density at radius 2 is 1.61 bits per heavy atom. The van der Waals surface area contributed by atoms with E-state index in [-0.39, 0.29) is 16.9 Å². The number of rotatable bonds is 2. The Bertz CT molecular complexity index is 969. The minimum atomic E-state index is -0.248. The van der Waals surface area contributed by atoms with Gasteiger partial charge in [-0.25, -0.2) is 0 Å². The predicted octanol–water partition coefficient (Wildman–Crippen LogP) is 3.50. The molecule has 0 fully saturated rings. The molecule has 0 saturated heterocycles. The maximum atomic E-state index is 12.6. The van der Waals surface area contributed by atoms with Crippen molar-refractivity contribution in [3.05, 3.63) is 52.1 Å². The lowest BCUT2D eigenvalue weighted by atomic mass is 10.1. The van der Waals surface area contributed by atoms with Crippen LogP contribution in [-0.4, -0.2) is 17.3 Å². The first-order chi connectivity index (χ1) is 10.9. The fraction of sp³-hybridized carbons (Fsp3) is 0.167. The molecule has 23 heavy (non-hydrogen) atoms. The second-order valence-corrected chi connectivity index (χ2v) is 5.34. The molecule has 0 spiro atoms. The summed E-state index contributed by atoms with van der Waals surface area (Å²) in [5, 5.41) is 20.2. The third kappa shape index (κ3) is 2.40. The average Bonchev–Trinajstić information content (AvgIpc) is 2.71. The van der Waals surface area contributed by atoms with Crippen molar-refractivity contribution in [2.75, 3.05) is 7.11 Å². The minimum absolute atomic E-state index is 0.194. The summed E-state index contributed by atoms with van der Waals surface area (Å²) < 4.78 is 11.0. The lowest BCUT2D eigenvalue weighted by Crippen LogP contribution is -1.96. The number of ether oxygens (including phenoxy) is 1. The number of hydrogen-bond acceptors (Lipinski definition) is 5. The Morgan fingerprint density at radius 1 is 0.913 bits per heavy atom. The quantitative estimate of drug-likeness (QED) is 0.708. The number of aryl methyl sites for hydroxylation is 2. The molecule has 1 heterocycles. The number of aromatic hydroxyl groups is 2. The summed E-state index contributed by atoms with van der Waals surface area (Å²) in [4.78, 5) is 12.6. The summed E-state index contributed by atoms with van der Waals surface area (Å²) in [6, 6.07) is 7.59. The van der Waals surface area contributed by atoms with Crippen molar-refractivity contribution >= 4 is 10.8 Å². The van der Waals surface area contributed by atoms with E-state index in [4.69, 9.17) is 9.15 Å². The highest BCUT2D eigenvalue weighted by molar-refractivity contribution is 5.92. The van der Waals surface area contributed by atoms with E-state index in [9.17, 15) is 15.0 Å². The van der Waals surface area contributed by atoms with Crippen molar-refractivity contribution in [3.8, 4) is 28.4 Å². The van der Waals surface area contributed by atoms with E-state index in [1.165, 1.54) is 25.3 Å². The number of methoxy groups -OCH3 is 1. The Kier molecular flexibility index (Phi) is 3.48. The highest BCUT2D eigenvalue weighted by Crippen LogP contribution is 2.35. The van der Waals surface area contributed by atoms with Crippen LogP contribution in [0.1, 0.15) is 11.5 Å². The first-order valence-electron chi connectivity index (χ1n) is 7.06. The zero-order valence-corrected chi connectivity index (χ0v) is 13.0. The van der Waals surface area contributed by atoms with Crippen molar-refractivity contribution in [3.63, 3.8) is 0 Å². The van der Waals surface area contributed by atoms with Gasteiger partial charge in [0.2, 0.25) is 0 Å². The van der Waals surface area contributed by atoms with Crippen molar-refractivity contribution in [1.82, 2.24) is 0 Å². The Labute approximate surface area is 132 Å². The number of benzene rings is 1. The predicted molar refractivity (Wildman–Crippen MR) is 87.3 cm³/mol. The number of fused-ring (bicyclic) bond motifs is 1. The van der Waals surface area contributed by atoms with Crippen LogP contribution < -0.4 is 10.2 Å². The molecule has 2 N–H and O–H groups in total. The summed E-state index contributed by atoms with van der Waals surface area (Å²) in [6.45, 7) is 3.52. The normalized spacial score (nSPS) is 10.9. The summed E-state index contributed by atoms with van der Waals surface area (Å²) in [5.74, 6) is 1.20. The molecule has 2 aromatic carbocycles. The van der Waals surface area contributed by atoms with Crippen LogP contribution in [-0.2, 0) is 0 Å². The third-order valence-corrected chi connectivity index (χ3v) is 3.85. The zero-order valence-electron chi connectivity index (χ0n) is 13.0. The van der Waals surface area contributed by atoms with Crippen LogP contribution in [0.2, 0.25) is 0 Å². The standard InChI is InChI=1S/C18H16O5/c1-9-17-15(21)7-12(11-4-5-13(19)14(20)6-11)8-16(22-3)18(17)10(2)23-9/h4-8,19-20H,1-3H3. The molecule has 1 aromatic heterocycles. The summed E-state index contributed by atoms with van der Waals surface area (Å²) in [5.41, 5.74) is 0.984. The SMILES string of the molecule is COc1cc(-c2ccc(O)c(O)c2)cc(=O)c2c(C)oc(C)c12.